The summed E-state index contributed by atoms with van der Waals surface area (Å²) in [7, 11) is 2.17. The molecule has 1 N–H and O–H groups in total. The van der Waals surface area contributed by atoms with Crippen molar-refractivity contribution in [2.24, 2.45) is 0 Å². The minimum Gasteiger partial charge on any atom is -0.493 e. The fourth-order valence-corrected chi connectivity index (χ4v) is 4.71. The van der Waals surface area contributed by atoms with E-state index in [9.17, 15) is 0 Å². The molecule has 2 aliphatic rings. The van der Waals surface area contributed by atoms with E-state index in [1.165, 1.54) is 16.7 Å². The van der Waals surface area contributed by atoms with E-state index in [2.05, 4.69) is 69.4 Å². The van der Waals surface area contributed by atoms with E-state index in [-0.39, 0.29) is 0 Å². The molecule has 6 heteroatoms. The lowest BCUT2D eigenvalue weighted by Crippen LogP contribution is -2.44. The summed E-state index contributed by atoms with van der Waals surface area (Å²) in [5.41, 5.74) is 6.73. The summed E-state index contributed by atoms with van der Waals surface area (Å²) in [6, 6.07) is 13.0. The molecule has 1 saturated heterocycles. The number of pyridine rings is 2. The van der Waals surface area contributed by atoms with Crippen molar-refractivity contribution in [2.45, 2.75) is 12.8 Å². The number of likely N-dealkylation sites (N-methyl/N-ethyl adjacent to an activating group) is 1. The number of ether oxygens (including phenoxy) is 1. The van der Waals surface area contributed by atoms with E-state index in [0.717, 1.165) is 79.4 Å². The largest absolute Gasteiger partial charge is 0.493 e. The van der Waals surface area contributed by atoms with Crippen molar-refractivity contribution in [3.05, 3.63) is 60.6 Å². The van der Waals surface area contributed by atoms with Crippen LogP contribution in [0.4, 0.5) is 5.82 Å². The Morgan fingerprint density at radius 1 is 0.906 bits per heavy atom. The maximum absolute atomic E-state index is 5.79. The van der Waals surface area contributed by atoms with E-state index in [4.69, 9.17) is 9.72 Å². The van der Waals surface area contributed by atoms with Crippen molar-refractivity contribution in [1.29, 1.82) is 0 Å². The van der Waals surface area contributed by atoms with Crippen LogP contribution in [0.1, 0.15) is 12.0 Å². The number of anilines is 1. The van der Waals surface area contributed by atoms with Crippen LogP contribution in [0.5, 0.6) is 5.75 Å². The molecule has 3 aromatic heterocycles. The number of aromatic nitrogens is 3. The summed E-state index contributed by atoms with van der Waals surface area (Å²) in [5.74, 6) is 2.07. The summed E-state index contributed by atoms with van der Waals surface area (Å²) in [4.78, 5) is 17.5. The Kier molecular flexibility index (Phi) is 4.80. The first-order valence-corrected chi connectivity index (χ1v) is 11.4. The smallest absolute Gasteiger partial charge is 0.137 e. The normalized spacial score (nSPS) is 16.7. The van der Waals surface area contributed by atoms with Crippen LogP contribution in [-0.2, 0) is 6.42 Å². The van der Waals surface area contributed by atoms with Crippen LogP contribution < -0.4 is 9.64 Å². The minimum atomic E-state index is 0.814. The first-order valence-electron chi connectivity index (χ1n) is 11.4. The number of rotatable bonds is 3. The molecule has 0 aliphatic carbocycles. The van der Waals surface area contributed by atoms with Crippen molar-refractivity contribution in [3.63, 3.8) is 0 Å². The summed E-state index contributed by atoms with van der Waals surface area (Å²) in [6.07, 6.45) is 8.10. The van der Waals surface area contributed by atoms with Crippen molar-refractivity contribution < 1.29 is 4.74 Å². The lowest BCUT2D eigenvalue weighted by molar-refractivity contribution is 0.288. The number of fused-ring (bicyclic) bond motifs is 2. The Balaban J connectivity index is 1.31. The predicted molar refractivity (Wildman–Crippen MR) is 128 cm³/mol. The minimum absolute atomic E-state index is 0.814. The molecule has 162 valence electrons. The summed E-state index contributed by atoms with van der Waals surface area (Å²) in [6.45, 7) is 5.02. The first kappa shape index (κ1) is 19.3. The molecule has 32 heavy (non-hydrogen) atoms. The van der Waals surface area contributed by atoms with E-state index >= 15 is 0 Å². The number of hydrogen-bond acceptors (Lipinski definition) is 5. The quantitative estimate of drug-likeness (QED) is 0.528. The molecule has 6 rings (SSSR count). The van der Waals surface area contributed by atoms with Gasteiger partial charge in [0, 0.05) is 66.8 Å². The Labute approximate surface area is 187 Å². The van der Waals surface area contributed by atoms with Gasteiger partial charge in [0.05, 0.1) is 6.61 Å². The van der Waals surface area contributed by atoms with Crippen LogP contribution in [0, 0.1) is 0 Å². The van der Waals surface area contributed by atoms with Gasteiger partial charge in [0.25, 0.3) is 0 Å². The summed E-state index contributed by atoms with van der Waals surface area (Å²) >= 11 is 0. The highest BCUT2D eigenvalue weighted by Gasteiger charge is 2.16. The maximum atomic E-state index is 5.79. The number of nitrogens with one attached hydrogen (secondary N) is 1. The fraction of sp³-hybridized carbons (Fsp3) is 0.308. The van der Waals surface area contributed by atoms with Gasteiger partial charge in [-0.25, -0.2) is 9.97 Å². The highest BCUT2D eigenvalue weighted by atomic mass is 16.5. The molecule has 0 atom stereocenters. The number of H-pyrrole nitrogens is 1. The van der Waals surface area contributed by atoms with Crippen LogP contribution in [0.15, 0.2) is 55.0 Å². The molecule has 2 aliphatic heterocycles. The summed E-state index contributed by atoms with van der Waals surface area (Å²) < 4.78 is 5.79. The fourth-order valence-electron chi connectivity index (χ4n) is 4.71. The first-order chi connectivity index (χ1) is 15.7. The van der Waals surface area contributed by atoms with Crippen molar-refractivity contribution >= 4 is 16.9 Å². The van der Waals surface area contributed by atoms with Gasteiger partial charge in [-0.2, -0.15) is 0 Å². The van der Waals surface area contributed by atoms with Gasteiger partial charge in [-0.1, -0.05) is 6.07 Å². The molecule has 0 radical (unpaired) electrons. The number of piperazine rings is 1. The van der Waals surface area contributed by atoms with Crippen LogP contribution in [0.2, 0.25) is 0 Å². The molecule has 1 aromatic carbocycles. The van der Waals surface area contributed by atoms with E-state index in [1.54, 1.807) is 0 Å². The third-order valence-electron chi connectivity index (χ3n) is 6.66. The molecule has 6 nitrogen and oxygen atoms in total. The molecule has 0 amide bonds. The van der Waals surface area contributed by atoms with Gasteiger partial charge < -0.3 is 19.5 Å². The number of hydrogen-bond donors (Lipinski definition) is 1. The lowest BCUT2D eigenvalue weighted by Gasteiger charge is -2.33. The predicted octanol–water partition coefficient (Wildman–Crippen LogP) is 4.37. The van der Waals surface area contributed by atoms with Gasteiger partial charge >= 0.3 is 0 Å². The zero-order valence-electron chi connectivity index (χ0n) is 18.3. The SMILES string of the molecule is CN1CCN(c2ccc(-c3cnc4[nH]cc(-c5ccc6c(c5)CCCO6)c4c3)cn2)CC1. The maximum Gasteiger partial charge on any atom is 0.137 e. The highest BCUT2D eigenvalue weighted by Crippen LogP contribution is 2.35. The monoisotopic (exact) mass is 425 g/mol. The Morgan fingerprint density at radius 3 is 2.59 bits per heavy atom. The Morgan fingerprint density at radius 2 is 1.75 bits per heavy atom. The number of aromatic amines is 1. The molecule has 0 spiro atoms. The molecule has 1 fully saturated rings. The van der Waals surface area contributed by atoms with Crippen LogP contribution in [-0.4, -0.2) is 59.7 Å². The Hall–Kier alpha value is -3.38. The molecule has 5 heterocycles. The van der Waals surface area contributed by atoms with Crippen molar-refractivity contribution in [2.75, 3.05) is 44.7 Å². The second kappa shape index (κ2) is 7.95. The number of nitrogens with zero attached hydrogens (tertiary/aromatic N) is 4. The van der Waals surface area contributed by atoms with E-state index < -0.39 is 0 Å². The summed E-state index contributed by atoms with van der Waals surface area (Å²) in [5, 5.41) is 1.13. The molecular formula is C26H27N5O. The van der Waals surface area contributed by atoms with Gasteiger partial charge in [0.1, 0.15) is 17.2 Å². The third kappa shape index (κ3) is 3.50. The second-order valence-electron chi connectivity index (χ2n) is 8.79. The van der Waals surface area contributed by atoms with Gasteiger partial charge in [-0.3, -0.25) is 0 Å². The zero-order valence-corrected chi connectivity index (χ0v) is 18.3. The topological polar surface area (TPSA) is 57.3 Å². The second-order valence-corrected chi connectivity index (χ2v) is 8.79. The standard InChI is InChI=1S/C26H27N5O/c1-30-8-10-31(11-9-30)25-7-5-20(15-27-25)21-14-22-23(17-29-26(22)28-16-21)18-4-6-24-19(13-18)3-2-12-32-24/h4-7,13-17H,2-3,8-12H2,1H3,(H,28,29). The lowest BCUT2D eigenvalue weighted by atomic mass is 9.98. The molecular weight excluding hydrogens is 398 g/mol. The number of benzene rings is 1. The van der Waals surface area contributed by atoms with Gasteiger partial charge in [0.2, 0.25) is 0 Å². The molecule has 0 unspecified atom stereocenters. The average Bonchev–Trinajstić information content (AvgIpc) is 3.28. The molecule has 0 saturated carbocycles. The van der Waals surface area contributed by atoms with Crippen molar-refractivity contribution in [1.82, 2.24) is 19.9 Å². The van der Waals surface area contributed by atoms with Crippen molar-refractivity contribution in [3.8, 4) is 28.0 Å². The number of aryl methyl sites for hydroxylation is 1. The Bertz CT molecular complexity index is 1260. The molecule has 0 bridgehead atoms. The third-order valence-corrected chi connectivity index (χ3v) is 6.66. The van der Waals surface area contributed by atoms with Crippen LogP contribution >= 0.6 is 0 Å². The average molecular weight is 426 g/mol. The van der Waals surface area contributed by atoms with Gasteiger partial charge in [-0.15, -0.1) is 0 Å². The van der Waals surface area contributed by atoms with Crippen LogP contribution in [0.25, 0.3) is 33.3 Å². The highest BCUT2D eigenvalue weighted by molar-refractivity contribution is 5.96. The van der Waals surface area contributed by atoms with Crippen LogP contribution in [0.3, 0.4) is 0 Å². The van der Waals surface area contributed by atoms with E-state index in [1.807, 2.05) is 12.4 Å². The van der Waals surface area contributed by atoms with Gasteiger partial charge in [-0.05, 0) is 61.3 Å². The molecule has 4 aromatic rings. The van der Waals surface area contributed by atoms with Gasteiger partial charge in [0.15, 0.2) is 0 Å². The zero-order chi connectivity index (χ0) is 21.5. The van der Waals surface area contributed by atoms with E-state index in [0.29, 0.717) is 0 Å².